The third kappa shape index (κ3) is 17.0. The first-order chi connectivity index (χ1) is 10.9. The maximum atomic E-state index is 2.41. The zero-order valence-electron chi connectivity index (χ0n) is 17.2. The average Bonchev–Trinajstić information content (AvgIpc) is 2.46. The Morgan fingerprint density at radius 1 is 0.565 bits per heavy atom. The molecule has 0 nitrogen and oxygen atoms in total. The van der Waals surface area contributed by atoms with E-state index in [0.29, 0.717) is 0 Å². The van der Waals surface area contributed by atoms with Crippen molar-refractivity contribution in [3.05, 3.63) is 0 Å². The smallest absolute Gasteiger partial charge is 0.00367 e. The van der Waals surface area contributed by atoms with Crippen LogP contribution in [-0.4, -0.2) is 11.5 Å². The second kappa shape index (κ2) is 15.9. The molecule has 0 aromatic carbocycles. The van der Waals surface area contributed by atoms with Gasteiger partial charge in [0.1, 0.15) is 0 Å². The molecule has 0 aliphatic carbocycles. The van der Waals surface area contributed by atoms with Crippen molar-refractivity contribution in [2.24, 2.45) is 23.7 Å². The summed E-state index contributed by atoms with van der Waals surface area (Å²) >= 11 is 2.22. The number of thioether (sulfide) groups is 1. The minimum absolute atomic E-state index is 0.854. The van der Waals surface area contributed by atoms with Gasteiger partial charge in [-0.25, -0.2) is 0 Å². The Morgan fingerprint density at radius 3 is 1.61 bits per heavy atom. The van der Waals surface area contributed by atoms with Crippen LogP contribution in [0.4, 0.5) is 0 Å². The maximum Gasteiger partial charge on any atom is -0.00367 e. The molecule has 0 heterocycles. The maximum absolute atomic E-state index is 2.41. The second-order valence-corrected chi connectivity index (χ2v) is 9.86. The van der Waals surface area contributed by atoms with Gasteiger partial charge in [-0.3, -0.25) is 0 Å². The van der Waals surface area contributed by atoms with Crippen LogP contribution in [0.2, 0.25) is 0 Å². The van der Waals surface area contributed by atoms with Crippen molar-refractivity contribution in [1.29, 1.82) is 0 Å². The molecule has 0 saturated carbocycles. The van der Waals surface area contributed by atoms with Gasteiger partial charge in [0.15, 0.2) is 0 Å². The molecule has 0 saturated heterocycles. The first-order valence-corrected chi connectivity index (χ1v) is 11.7. The summed E-state index contributed by atoms with van der Waals surface area (Å²) in [5, 5.41) is 0. The summed E-state index contributed by atoms with van der Waals surface area (Å²) in [7, 11) is 0. The molecule has 1 heteroatoms. The van der Waals surface area contributed by atoms with E-state index in [1.54, 1.807) is 0 Å². The second-order valence-electron chi connectivity index (χ2n) is 8.71. The molecular formula is C22H46S. The first-order valence-electron chi connectivity index (χ1n) is 10.5. The quantitative estimate of drug-likeness (QED) is 0.255. The highest BCUT2D eigenvalue weighted by Gasteiger charge is 2.13. The van der Waals surface area contributed by atoms with Crippen molar-refractivity contribution in [1.82, 2.24) is 0 Å². The van der Waals surface area contributed by atoms with Gasteiger partial charge < -0.3 is 0 Å². The fraction of sp³-hybridized carbons (Fsp3) is 1.00. The predicted molar refractivity (Wildman–Crippen MR) is 111 cm³/mol. The molecule has 0 aromatic heterocycles. The van der Waals surface area contributed by atoms with Gasteiger partial charge >= 0.3 is 0 Å². The zero-order valence-corrected chi connectivity index (χ0v) is 18.0. The molecule has 0 radical (unpaired) electrons. The van der Waals surface area contributed by atoms with Crippen molar-refractivity contribution in [3.63, 3.8) is 0 Å². The van der Waals surface area contributed by atoms with Gasteiger partial charge in [-0.2, -0.15) is 11.8 Å². The Bertz CT molecular complexity index is 232. The highest BCUT2D eigenvalue weighted by atomic mass is 32.2. The van der Waals surface area contributed by atoms with E-state index in [1.165, 1.54) is 75.7 Å². The molecular weight excluding hydrogens is 296 g/mol. The lowest BCUT2D eigenvalue weighted by Gasteiger charge is -2.21. The molecule has 0 amide bonds. The van der Waals surface area contributed by atoms with Crippen molar-refractivity contribution in [2.75, 3.05) is 11.5 Å². The van der Waals surface area contributed by atoms with E-state index >= 15 is 0 Å². The Labute approximate surface area is 153 Å². The van der Waals surface area contributed by atoms with Crippen molar-refractivity contribution < 1.29 is 0 Å². The van der Waals surface area contributed by atoms with E-state index in [-0.39, 0.29) is 0 Å². The summed E-state index contributed by atoms with van der Waals surface area (Å²) in [4.78, 5) is 0. The molecule has 1 atom stereocenters. The summed E-state index contributed by atoms with van der Waals surface area (Å²) in [6.45, 7) is 14.2. The number of rotatable bonds is 16. The lowest BCUT2D eigenvalue weighted by molar-refractivity contribution is 0.364. The number of hydrogen-bond acceptors (Lipinski definition) is 1. The van der Waals surface area contributed by atoms with Gasteiger partial charge in [0.25, 0.3) is 0 Å². The Kier molecular flexibility index (Phi) is 16.1. The first kappa shape index (κ1) is 23.4. The molecule has 0 fully saturated rings. The van der Waals surface area contributed by atoms with Gasteiger partial charge in [0.2, 0.25) is 0 Å². The molecule has 23 heavy (non-hydrogen) atoms. The lowest BCUT2D eigenvalue weighted by Crippen LogP contribution is -2.13. The zero-order chi connectivity index (χ0) is 17.5. The molecule has 0 aliphatic heterocycles. The molecule has 1 unspecified atom stereocenters. The standard InChI is InChI=1S/C22H46S/c1-19(2)14-12-10-8-7-9-11-13-17-23-18-22(21(5)6)16-15-20(3)4/h19-22H,7-18H2,1-6H3. The van der Waals surface area contributed by atoms with E-state index < -0.39 is 0 Å². The van der Waals surface area contributed by atoms with E-state index in [0.717, 1.165) is 23.7 Å². The van der Waals surface area contributed by atoms with Crippen LogP contribution in [0.25, 0.3) is 0 Å². The van der Waals surface area contributed by atoms with E-state index in [2.05, 4.69) is 53.3 Å². The van der Waals surface area contributed by atoms with Gasteiger partial charge in [-0.05, 0) is 48.0 Å². The van der Waals surface area contributed by atoms with Crippen LogP contribution in [0, 0.1) is 23.7 Å². The molecule has 0 rings (SSSR count). The summed E-state index contributed by atoms with van der Waals surface area (Å²) in [5.41, 5.74) is 0. The third-order valence-corrected chi connectivity index (χ3v) is 6.20. The normalized spacial score (nSPS) is 13.4. The van der Waals surface area contributed by atoms with E-state index in [9.17, 15) is 0 Å². The van der Waals surface area contributed by atoms with E-state index in [1.807, 2.05) is 0 Å². The van der Waals surface area contributed by atoms with E-state index in [4.69, 9.17) is 0 Å². The molecule has 0 spiro atoms. The lowest BCUT2D eigenvalue weighted by atomic mass is 9.90. The van der Waals surface area contributed by atoms with Gasteiger partial charge in [-0.1, -0.05) is 92.9 Å². The van der Waals surface area contributed by atoms with Crippen LogP contribution < -0.4 is 0 Å². The highest BCUT2D eigenvalue weighted by molar-refractivity contribution is 7.99. The average molecular weight is 343 g/mol. The third-order valence-electron chi connectivity index (χ3n) is 4.96. The van der Waals surface area contributed by atoms with Crippen LogP contribution in [-0.2, 0) is 0 Å². The SMILES string of the molecule is CC(C)CCCCCCCCCSCC(CCC(C)C)C(C)C. The number of unbranched alkanes of at least 4 members (excludes halogenated alkanes) is 6. The van der Waals surface area contributed by atoms with Crippen molar-refractivity contribution in [3.8, 4) is 0 Å². The summed E-state index contributed by atoms with van der Waals surface area (Å²) in [6, 6.07) is 0. The van der Waals surface area contributed by atoms with Crippen molar-refractivity contribution >= 4 is 11.8 Å². The van der Waals surface area contributed by atoms with Crippen LogP contribution in [0.15, 0.2) is 0 Å². The largest absolute Gasteiger partial charge is 0.162 e. The summed E-state index contributed by atoms with van der Waals surface area (Å²) in [6.07, 6.45) is 14.4. The van der Waals surface area contributed by atoms with Gasteiger partial charge in [-0.15, -0.1) is 0 Å². The molecule has 0 bridgehead atoms. The van der Waals surface area contributed by atoms with Crippen LogP contribution in [0.3, 0.4) is 0 Å². The van der Waals surface area contributed by atoms with Crippen molar-refractivity contribution in [2.45, 2.75) is 106 Å². The minimum atomic E-state index is 0.854. The molecule has 140 valence electrons. The Hall–Kier alpha value is 0.350. The monoisotopic (exact) mass is 342 g/mol. The van der Waals surface area contributed by atoms with Gasteiger partial charge in [0.05, 0.1) is 0 Å². The topological polar surface area (TPSA) is 0 Å². The van der Waals surface area contributed by atoms with Crippen LogP contribution in [0.1, 0.15) is 106 Å². The van der Waals surface area contributed by atoms with Crippen LogP contribution in [0.5, 0.6) is 0 Å². The highest BCUT2D eigenvalue weighted by Crippen LogP contribution is 2.25. The fourth-order valence-corrected chi connectivity index (χ4v) is 4.46. The Balaban J connectivity index is 3.39. The van der Waals surface area contributed by atoms with Crippen LogP contribution >= 0.6 is 11.8 Å². The fourth-order valence-electron chi connectivity index (χ4n) is 3.03. The number of hydrogen-bond donors (Lipinski definition) is 0. The minimum Gasteiger partial charge on any atom is -0.162 e. The molecule has 0 aromatic rings. The van der Waals surface area contributed by atoms with Gasteiger partial charge in [0, 0.05) is 0 Å². The summed E-state index contributed by atoms with van der Waals surface area (Å²) < 4.78 is 0. The molecule has 0 aliphatic rings. The molecule has 0 N–H and O–H groups in total. The Morgan fingerprint density at radius 2 is 1.09 bits per heavy atom. The predicted octanol–water partition coefficient (Wildman–Crippen LogP) is 8.20. The summed E-state index contributed by atoms with van der Waals surface area (Å²) in [5.74, 6) is 6.32.